The van der Waals surface area contributed by atoms with Gasteiger partial charge < -0.3 is 14.2 Å². The lowest BCUT2D eigenvalue weighted by molar-refractivity contribution is 0.0690. The number of ether oxygens (including phenoxy) is 1. The minimum Gasteiger partial charge on any atom is -0.496 e. The number of rotatable bonds is 5. The summed E-state index contributed by atoms with van der Waals surface area (Å²) in [6, 6.07) is 12.8. The Bertz CT molecular complexity index is 1310. The molecule has 1 aliphatic rings. The van der Waals surface area contributed by atoms with E-state index in [2.05, 4.69) is 9.55 Å². The number of amides is 1. The van der Waals surface area contributed by atoms with E-state index < -0.39 is 0 Å². The number of thiazole rings is 1. The maximum Gasteiger partial charge on any atom is 0.273 e. The van der Waals surface area contributed by atoms with E-state index in [0.29, 0.717) is 30.7 Å². The molecule has 6 nitrogen and oxygen atoms in total. The predicted molar refractivity (Wildman–Crippen MR) is 127 cm³/mol. The molecule has 0 spiro atoms. The fraction of sp³-hybridized carbons (Fsp3) is 0.320. The number of hydrogen-bond acceptors (Lipinski definition) is 5. The number of nitrogens with zero attached hydrogens (tertiary/aromatic N) is 4. The summed E-state index contributed by atoms with van der Waals surface area (Å²) in [5, 5.41) is 2.72. The van der Waals surface area contributed by atoms with Gasteiger partial charge in [0, 0.05) is 42.6 Å². The van der Waals surface area contributed by atoms with Crippen molar-refractivity contribution in [2.75, 3.05) is 20.2 Å². The Kier molecular flexibility index (Phi) is 5.85. The van der Waals surface area contributed by atoms with Crippen LogP contribution in [0.3, 0.4) is 0 Å². The molecule has 0 atom stereocenters. The molecule has 0 unspecified atom stereocenters. The highest BCUT2D eigenvalue weighted by Crippen LogP contribution is 2.32. The number of aromatic nitrogens is 3. The van der Waals surface area contributed by atoms with Crippen LogP contribution >= 0.6 is 11.3 Å². The number of carbonyl (C=O) groups excluding carboxylic acids is 1. The maximum absolute atomic E-state index is 13.9. The molecule has 0 aliphatic carbocycles. The zero-order valence-electron chi connectivity index (χ0n) is 18.6. The van der Waals surface area contributed by atoms with Crippen LogP contribution in [0, 0.1) is 12.7 Å². The number of piperidine rings is 1. The van der Waals surface area contributed by atoms with E-state index in [4.69, 9.17) is 9.72 Å². The summed E-state index contributed by atoms with van der Waals surface area (Å²) in [4.78, 5) is 23.9. The van der Waals surface area contributed by atoms with E-state index in [0.717, 1.165) is 40.5 Å². The first kappa shape index (κ1) is 21.6. The first-order chi connectivity index (χ1) is 16.0. The molecule has 170 valence electrons. The van der Waals surface area contributed by atoms with Gasteiger partial charge in [-0.05, 0) is 38.0 Å². The number of benzene rings is 2. The number of para-hydroxylation sites is 1. The molecule has 8 heteroatoms. The van der Waals surface area contributed by atoms with Crippen LogP contribution in [0.2, 0.25) is 0 Å². The molecule has 4 aromatic rings. The van der Waals surface area contributed by atoms with Gasteiger partial charge in [0.15, 0.2) is 0 Å². The SMILES string of the molecule is COc1ccccc1Cc1nc2cc(F)ccc2n1C1CCN(C(=O)c2csc(C)n2)CC1. The van der Waals surface area contributed by atoms with Crippen LogP contribution in [-0.2, 0) is 6.42 Å². The first-order valence-electron chi connectivity index (χ1n) is 11.0. The van der Waals surface area contributed by atoms with Gasteiger partial charge in [-0.2, -0.15) is 0 Å². The van der Waals surface area contributed by atoms with E-state index in [9.17, 15) is 9.18 Å². The Morgan fingerprint density at radius 2 is 1.97 bits per heavy atom. The smallest absolute Gasteiger partial charge is 0.273 e. The van der Waals surface area contributed by atoms with Gasteiger partial charge in [-0.1, -0.05) is 18.2 Å². The number of carbonyl (C=O) groups is 1. The molecule has 1 amide bonds. The summed E-state index contributed by atoms with van der Waals surface area (Å²) in [6.07, 6.45) is 2.19. The Morgan fingerprint density at radius 1 is 1.18 bits per heavy atom. The lowest BCUT2D eigenvalue weighted by atomic mass is 10.0. The number of hydrogen-bond donors (Lipinski definition) is 0. The topological polar surface area (TPSA) is 60.2 Å². The van der Waals surface area contributed by atoms with Crippen LogP contribution in [0.4, 0.5) is 4.39 Å². The van der Waals surface area contributed by atoms with Crippen LogP contribution in [-0.4, -0.2) is 45.5 Å². The van der Waals surface area contributed by atoms with Gasteiger partial charge in [0.05, 0.1) is 23.2 Å². The van der Waals surface area contributed by atoms with Gasteiger partial charge in [-0.25, -0.2) is 14.4 Å². The van der Waals surface area contributed by atoms with Gasteiger partial charge in [0.25, 0.3) is 5.91 Å². The van der Waals surface area contributed by atoms with Crippen molar-refractivity contribution in [3.63, 3.8) is 0 Å². The Hall–Kier alpha value is -3.26. The number of imidazole rings is 1. The van der Waals surface area contributed by atoms with E-state index in [-0.39, 0.29) is 17.8 Å². The molecule has 0 radical (unpaired) electrons. The van der Waals surface area contributed by atoms with Crippen molar-refractivity contribution in [1.29, 1.82) is 0 Å². The van der Waals surface area contributed by atoms with E-state index in [1.807, 2.05) is 41.5 Å². The summed E-state index contributed by atoms with van der Waals surface area (Å²) in [7, 11) is 1.66. The molecule has 0 bridgehead atoms. The van der Waals surface area contributed by atoms with Gasteiger partial charge in [0.1, 0.15) is 23.1 Å². The molecule has 2 aromatic heterocycles. The molecule has 1 fully saturated rings. The van der Waals surface area contributed by atoms with E-state index >= 15 is 0 Å². The standard InChI is InChI=1S/C25H25FN4O2S/c1-16-27-21(15-33-16)25(31)29-11-9-19(10-12-29)30-22-8-7-18(26)14-20(22)28-24(30)13-17-5-3-4-6-23(17)32-2/h3-8,14-15,19H,9-13H2,1-2H3. The van der Waals surface area contributed by atoms with Gasteiger partial charge >= 0.3 is 0 Å². The number of fused-ring (bicyclic) bond motifs is 1. The van der Waals surface area contributed by atoms with Crippen LogP contribution in [0.25, 0.3) is 11.0 Å². The minimum absolute atomic E-state index is 0.00962. The molecule has 1 saturated heterocycles. The van der Waals surface area contributed by atoms with Crippen molar-refractivity contribution in [2.45, 2.75) is 32.2 Å². The molecule has 0 N–H and O–H groups in total. The lowest BCUT2D eigenvalue weighted by Crippen LogP contribution is -2.39. The summed E-state index contributed by atoms with van der Waals surface area (Å²) >= 11 is 1.49. The monoisotopic (exact) mass is 464 g/mol. The lowest BCUT2D eigenvalue weighted by Gasteiger charge is -2.33. The van der Waals surface area contributed by atoms with E-state index in [1.165, 1.54) is 23.5 Å². The van der Waals surface area contributed by atoms with Crippen molar-refractivity contribution < 1.29 is 13.9 Å². The van der Waals surface area contributed by atoms with Crippen LogP contribution in [0.1, 0.15) is 45.8 Å². The fourth-order valence-corrected chi connectivity index (χ4v) is 5.21. The number of methoxy groups -OCH3 is 1. The highest BCUT2D eigenvalue weighted by molar-refractivity contribution is 7.09. The largest absolute Gasteiger partial charge is 0.496 e. The van der Waals surface area contributed by atoms with Gasteiger partial charge in [-0.15, -0.1) is 11.3 Å². The van der Waals surface area contributed by atoms with Gasteiger partial charge in [0.2, 0.25) is 0 Å². The van der Waals surface area contributed by atoms with Gasteiger partial charge in [-0.3, -0.25) is 4.79 Å². The first-order valence-corrected chi connectivity index (χ1v) is 11.9. The second-order valence-electron chi connectivity index (χ2n) is 8.29. The highest BCUT2D eigenvalue weighted by atomic mass is 32.1. The maximum atomic E-state index is 13.9. The molecule has 0 saturated carbocycles. The molecule has 2 aromatic carbocycles. The fourth-order valence-electron chi connectivity index (χ4n) is 4.62. The van der Waals surface area contributed by atoms with Crippen LogP contribution in [0.15, 0.2) is 47.8 Å². The normalized spacial score (nSPS) is 14.7. The Morgan fingerprint density at radius 3 is 2.70 bits per heavy atom. The van der Waals surface area contributed by atoms with Crippen molar-refractivity contribution in [1.82, 2.24) is 19.4 Å². The van der Waals surface area contributed by atoms with Crippen molar-refractivity contribution in [3.05, 3.63) is 75.8 Å². The number of aryl methyl sites for hydroxylation is 1. The van der Waals surface area contributed by atoms with Crippen LogP contribution < -0.4 is 4.74 Å². The molecule has 3 heterocycles. The molecule has 1 aliphatic heterocycles. The Balaban J connectivity index is 1.44. The zero-order chi connectivity index (χ0) is 22.9. The summed E-state index contributed by atoms with van der Waals surface area (Å²) in [5.41, 5.74) is 3.12. The average molecular weight is 465 g/mol. The van der Waals surface area contributed by atoms with Crippen molar-refractivity contribution >= 4 is 28.3 Å². The van der Waals surface area contributed by atoms with Crippen LogP contribution in [0.5, 0.6) is 5.75 Å². The Labute approximate surface area is 195 Å². The quantitative estimate of drug-likeness (QED) is 0.416. The third-order valence-corrected chi connectivity index (χ3v) is 6.99. The van der Waals surface area contributed by atoms with Crippen molar-refractivity contribution in [3.8, 4) is 5.75 Å². The zero-order valence-corrected chi connectivity index (χ0v) is 19.4. The van der Waals surface area contributed by atoms with Crippen molar-refractivity contribution in [2.24, 2.45) is 0 Å². The summed E-state index contributed by atoms with van der Waals surface area (Å²) in [5.74, 6) is 1.38. The summed E-state index contributed by atoms with van der Waals surface area (Å²) in [6.45, 7) is 3.20. The van der Waals surface area contributed by atoms with E-state index in [1.54, 1.807) is 13.2 Å². The third kappa shape index (κ3) is 4.23. The molecular weight excluding hydrogens is 439 g/mol. The molecule has 33 heavy (non-hydrogen) atoms. The predicted octanol–water partition coefficient (Wildman–Crippen LogP) is 5.02. The number of halogens is 1. The summed E-state index contributed by atoms with van der Waals surface area (Å²) < 4.78 is 21.7. The molecule has 5 rings (SSSR count). The highest BCUT2D eigenvalue weighted by Gasteiger charge is 2.28. The number of likely N-dealkylation sites (tertiary alicyclic amines) is 1. The molecular formula is C25H25FN4O2S. The second-order valence-corrected chi connectivity index (χ2v) is 9.36. The minimum atomic E-state index is -0.296. The third-order valence-electron chi connectivity index (χ3n) is 6.22. The average Bonchev–Trinajstić information content (AvgIpc) is 3.42. The second kappa shape index (κ2) is 8.94.